The van der Waals surface area contributed by atoms with Crippen molar-refractivity contribution in [2.24, 2.45) is 5.73 Å². The molecule has 0 heterocycles. The average Bonchev–Trinajstić information content (AvgIpc) is 2.01. The van der Waals surface area contributed by atoms with Crippen molar-refractivity contribution in [1.29, 1.82) is 0 Å². The zero-order valence-corrected chi connectivity index (χ0v) is 8.56. The van der Waals surface area contributed by atoms with Crippen LogP contribution in [0.4, 0.5) is 0 Å². The van der Waals surface area contributed by atoms with Crippen molar-refractivity contribution in [2.75, 3.05) is 6.54 Å². The zero-order valence-electron chi connectivity index (χ0n) is 6.97. The quantitative estimate of drug-likeness (QED) is 0.815. The third-order valence-corrected chi connectivity index (χ3v) is 2.45. The number of aryl methyl sites for hydroxylation is 1. The van der Waals surface area contributed by atoms with Crippen molar-refractivity contribution in [3.8, 4) is 5.75 Å². The van der Waals surface area contributed by atoms with Crippen molar-refractivity contribution in [3.63, 3.8) is 0 Å². The molecule has 0 radical (unpaired) electrons. The fraction of sp³-hybridized carbons (Fsp3) is 0.333. The van der Waals surface area contributed by atoms with E-state index < -0.39 is 0 Å². The van der Waals surface area contributed by atoms with Crippen LogP contribution in [0.15, 0.2) is 16.6 Å². The molecule has 0 aliphatic carbocycles. The molecule has 0 atom stereocenters. The summed E-state index contributed by atoms with van der Waals surface area (Å²) in [6.07, 6.45) is 0.852. The van der Waals surface area contributed by atoms with Crippen LogP contribution >= 0.6 is 15.9 Å². The summed E-state index contributed by atoms with van der Waals surface area (Å²) in [7, 11) is 0. The number of phenolic OH excluding ortho intramolecular Hbond substituents is 1. The van der Waals surface area contributed by atoms with Crippen LogP contribution in [0.25, 0.3) is 0 Å². The van der Waals surface area contributed by atoms with Crippen LogP contribution in [-0.4, -0.2) is 11.7 Å². The van der Waals surface area contributed by atoms with Crippen molar-refractivity contribution < 1.29 is 5.11 Å². The molecular formula is C9H12BrNO. The number of hydrogen-bond donors (Lipinski definition) is 2. The number of nitrogens with two attached hydrogens (primary N) is 1. The molecule has 3 N–H and O–H groups in total. The number of hydrogen-bond acceptors (Lipinski definition) is 2. The van der Waals surface area contributed by atoms with Gasteiger partial charge in [0.05, 0.1) is 4.47 Å². The summed E-state index contributed by atoms with van der Waals surface area (Å²) in [6.45, 7) is 2.61. The van der Waals surface area contributed by atoms with Crippen LogP contribution in [0.2, 0.25) is 0 Å². The first-order chi connectivity index (χ1) is 5.65. The van der Waals surface area contributed by atoms with E-state index in [4.69, 9.17) is 5.73 Å². The minimum Gasteiger partial charge on any atom is -0.507 e. The van der Waals surface area contributed by atoms with E-state index in [0.717, 1.165) is 16.5 Å². The Morgan fingerprint density at radius 1 is 1.50 bits per heavy atom. The highest BCUT2D eigenvalue weighted by Gasteiger charge is 2.02. The maximum absolute atomic E-state index is 9.31. The van der Waals surface area contributed by atoms with Crippen LogP contribution in [0.3, 0.4) is 0 Å². The lowest BCUT2D eigenvalue weighted by Crippen LogP contribution is -2.03. The maximum atomic E-state index is 9.31. The molecule has 12 heavy (non-hydrogen) atoms. The SMILES string of the molecule is Cc1cc(O)c(Br)cc1CCN. The minimum atomic E-state index is 0.285. The van der Waals surface area contributed by atoms with Gasteiger partial charge >= 0.3 is 0 Å². The summed E-state index contributed by atoms with van der Waals surface area (Å²) < 4.78 is 0.733. The first-order valence-electron chi connectivity index (χ1n) is 3.83. The molecule has 0 saturated heterocycles. The molecule has 0 aromatic heterocycles. The molecular weight excluding hydrogens is 218 g/mol. The lowest BCUT2D eigenvalue weighted by atomic mass is 10.1. The maximum Gasteiger partial charge on any atom is 0.130 e. The standard InChI is InChI=1S/C9H12BrNO/c1-6-4-9(12)8(10)5-7(6)2-3-11/h4-5,12H,2-3,11H2,1H3. The van der Waals surface area contributed by atoms with Gasteiger partial charge in [-0.2, -0.15) is 0 Å². The molecule has 0 spiro atoms. The second kappa shape index (κ2) is 3.92. The molecule has 0 aliphatic heterocycles. The Labute approximate surface area is 80.5 Å². The zero-order chi connectivity index (χ0) is 9.14. The predicted octanol–water partition coefficient (Wildman–Crippen LogP) is 1.96. The van der Waals surface area contributed by atoms with Crippen molar-refractivity contribution in [3.05, 3.63) is 27.7 Å². The molecule has 0 amide bonds. The van der Waals surface area contributed by atoms with Gasteiger partial charge in [-0.05, 0) is 59.1 Å². The number of aromatic hydroxyl groups is 1. The third-order valence-electron chi connectivity index (χ3n) is 1.82. The van der Waals surface area contributed by atoms with Crippen LogP contribution in [0.1, 0.15) is 11.1 Å². The third kappa shape index (κ3) is 1.99. The number of rotatable bonds is 2. The summed E-state index contributed by atoms with van der Waals surface area (Å²) >= 11 is 3.26. The van der Waals surface area contributed by atoms with Gasteiger partial charge in [0.25, 0.3) is 0 Å². The van der Waals surface area contributed by atoms with Crippen LogP contribution < -0.4 is 5.73 Å². The van der Waals surface area contributed by atoms with Crippen molar-refractivity contribution in [2.45, 2.75) is 13.3 Å². The van der Waals surface area contributed by atoms with Gasteiger partial charge in [0.2, 0.25) is 0 Å². The molecule has 0 saturated carbocycles. The number of phenols is 1. The molecule has 0 fully saturated rings. The van der Waals surface area contributed by atoms with E-state index in [1.54, 1.807) is 6.07 Å². The van der Waals surface area contributed by atoms with E-state index in [0.29, 0.717) is 6.54 Å². The number of benzene rings is 1. The molecule has 1 aromatic rings. The average molecular weight is 230 g/mol. The second-order valence-electron chi connectivity index (χ2n) is 2.77. The Bertz CT molecular complexity index is 286. The minimum absolute atomic E-state index is 0.285. The summed E-state index contributed by atoms with van der Waals surface area (Å²) in [6, 6.07) is 3.66. The molecule has 1 aromatic carbocycles. The van der Waals surface area contributed by atoms with Gasteiger partial charge in [-0.3, -0.25) is 0 Å². The lowest BCUT2D eigenvalue weighted by molar-refractivity contribution is 0.471. The van der Waals surface area contributed by atoms with Crippen LogP contribution in [-0.2, 0) is 6.42 Å². The summed E-state index contributed by atoms with van der Waals surface area (Å²) in [5.41, 5.74) is 7.71. The highest BCUT2D eigenvalue weighted by molar-refractivity contribution is 9.10. The molecule has 1 rings (SSSR count). The number of halogens is 1. The Kier molecular flexibility index (Phi) is 3.12. The van der Waals surface area contributed by atoms with Crippen LogP contribution in [0.5, 0.6) is 5.75 Å². The molecule has 0 bridgehead atoms. The van der Waals surface area contributed by atoms with Crippen molar-refractivity contribution >= 4 is 15.9 Å². The monoisotopic (exact) mass is 229 g/mol. The Hall–Kier alpha value is -0.540. The largest absolute Gasteiger partial charge is 0.507 e. The van der Waals surface area contributed by atoms with Gasteiger partial charge in [-0.15, -0.1) is 0 Å². The summed E-state index contributed by atoms with van der Waals surface area (Å²) in [4.78, 5) is 0. The van der Waals surface area contributed by atoms with E-state index in [9.17, 15) is 5.11 Å². The molecule has 66 valence electrons. The first kappa shape index (κ1) is 9.55. The van der Waals surface area contributed by atoms with Gasteiger partial charge in [0.15, 0.2) is 0 Å². The molecule has 2 nitrogen and oxygen atoms in total. The van der Waals surface area contributed by atoms with E-state index in [1.807, 2.05) is 13.0 Å². The predicted molar refractivity (Wildman–Crippen MR) is 53.3 cm³/mol. The normalized spacial score (nSPS) is 10.2. The van der Waals surface area contributed by atoms with Gasteiger partial charge in [-0.25, -0.2) is 0 Å². The molecule has 0 aliphatic rings. The summed E-state index contributed by atoms with van der Waals surface area (Å²) in [5.74, 6) is 0.285. The highest BCUT2D eigenvalue weighted by atomic mass is 79.9. The first-order valence-corrected chi connectivity index (χ1v) is 4.62. The van der Waals surface area contributed by atoms with Crippen molar-refractivity contribution in [1.82, 2.24) is 0 Å². The fourth-order valence-electron chi connectivity index (χ4n) is 1.13. The Morgan fingerprint density at radius 3 is 2.75 bits per heavy atom. The Balaban J connectivity index is 3.05. The van der Waals surface area contributed by atoms with Gasteiger partial charge in [0, 0.05) is 0 Å². The van der Waals surface area contributed by atoms with Crippen LogP contribution in [0, 0.1) is 6.92 Å². The topological polar surface area (TPSA) is 46.2 Å². The summed E-state index contributed by atoms with van der Waals surface area (Å²) in [5, 5.41) is 9.31. The van der Waals surface area contributed by atoms with E-state index in [-0.39, 0.29) is 5.75 Å². The van der Waals surface area contributed by atoms with Gasteiger partial charge in [0.1, 0.15) is 5.75 Å². The van der Waals surface area contributed by atoms with Gasteiger partial charge < -0.3 is 10.8 Å². The molecule has 3 heteroatoms. The van der Waals surface area contributed by atoms with Gasteiger partial charge in [-0.1, -0.05) is 0 Å². The lowest BCUT2D eigenvalue weighted by Gasteiger charge is -2.06. The smallest absolute Gasteiger partial charge is 0.130 e. The Morgan fingerprint density at radius 2 is 2.17 bits per heavy atom. The fourth-order valence-corrected chi connectivity index (χ4v) is 1.52. The molecule has 0 unspecified atom stereocenters. The van der Waals surface area contributed by atoms with E-state index in [2.05, 4.69) is 15.9 Å². The van der Waals surface area contributed by atoms with E-state index >= 15 is 0 Å². The van der Waals surface area contributed by atoms with E-state index in [1.165, 1.54) is 5.56 Å². The highest BCUT2D eigenvalue weighted by Crippen LogP contribution is 2.27. The second-order valence-corrected chi connectivity index (χ2v) is 3.62.